The van der Waals surface area contributed by atoms with Gasteiger partial charge in [-0.3, -0.25) is 0 Å². The Hall–Kier alpha value is -2.17. The van der Waals surface area contributed by atoms with Gasteiger partial charge in [0.25, 0.3) is 0 Å². The Morgan fingerprint density at radius 1 is 1.37 bits per heavy atom. The van der Waals surface area contributed by atoms with Crippen LogP contribution in [0.4, 0.5) is 5.95 Å². The highest BCUT2D eigenvalue weighted by atomic mass is 16.4. The minimum atomic E-state index is -0.884. The minimum absolute atomic E-state index is 0.286. The molecule has 2 aromatic rings. The molecule has 1 aromatic carbocycles. The van der Waals surface area contributed by atoms with Gasteiger partial charge in [0, 0.05) is 11.6 Å². The van der Waals surface area contributed by atoms with Gasteiger partial charge in [0.05, 0.1) is 5.52 Å². The van der Waals surface area contributed by atoms with E-state index in [1.807, 2.05) is 38.1 Å². The van der Waals surface area contributed by atoms with Crippen LogP contribution in [0.1, 0.15) is 20.3 Å². The second kappa shape index (κ2) is 5.65. The quantitative estimate of drug-likeness (QED) is 0.863. The standard InChI is InChI=1S/C14H17N3O2/c1-9(2)7-12(13(18)19)17-14-15-8-10-5-3-4-6-11(10)16-14/h3-6,8-9,12H,7H2,1-2H3,(H,18,19)(H,15,16,17). The molecule has 5 heteroatoms. The van der Waals surface area contributed by atoms with E-state index in [2.05, 4.69) is 15.3 Å². The van der Waals surface area contributed by atoms with Crippen molar-refractivity contribution in [2.75, 3.05) is 5.32 Å². The fraction of sp³-hybridized carbons (Fsp3) is 0.357. The lowest BCUT2D eigenvalue weighted by Gasteiger charge is -2.16. The van der Waals surface area contributed by atoms with Crippen molar-refractivity contribution in [3.05, 3.63) is 30.5 Å². The second-order valence-electron chi connectivity index (χ2n) is 4.92. The van der Waals surface area contributed by atoms with Crippen LogP contribution >= 0.6 is 0 Å². The van der Waals surface area contributed by atoms with Crippen molar-refractivity contribution in [1.82, 2.24) is 9.97 Å². The molecule has 2 N–H and O–H groups in total. The average Bonchev–Trinajstić information content (AvgIpc) is 2.37. The van der Waals surface area contributed by atoms with Crippen molar-refractivity contribution in [3.63, 3.8) is 0 Å². The molecule has 1 aromatic heterocycles. The fourth-order valence-electron chi connectivity index (χ4n) is 1.89. The summed E-state index contributed by atoms with van der Waals surface area (Å²) in [5.74, 6) is -0.244. The molecular weight excluding hydrogens is 242 g/mol. The first-order valence-corrected chi connectivity index (χ1v) is 6.27. The molecule has 0 fully saturated rings. The monoisotopic (exact) mass is 259 g/mol. The van der Waals surface area contributed by atoms with Crippen LogP contribution in [-0.4, -0.2) is 27.1 Å². The number of rotatable bonds is 5. The van der Waals surface area contributed by atoms with E-state index in [1.54, 1.807) is 6.20 Å². The number of aromatic nitrogens is 2. The highest BCUT2D eigenvalue weighted by Crippen LogP contribution is 2.14. The van der Waals surface area contributed by atoms with Crippen LogP contribution in [0.2, 0.25) is 0 Å². The first-order chi connectivity index (χ1) is 9.06. The predicted octanol–water partition coefficient (Wildman–Crippen LogP) is 2.54. The van der Waals surface area contributed by atoms with E-state index >= 15 is 0 Å². The molecule has 0 spiro atoms. The maximum Gasteiger partial charge on any atom is 0.326 e. The maximum atomic E-state index is 11.2. The summed E-state index contributed by atoms with van der Waals surface area (Å²) in [6.07, 6.45) is 2.23. The molecule has 1 heterocycles. The van der Waals surface area contributed by atoms with Crippen LogP contribution < -0.4 is 5.32 Å². The topological polar surface area (TPSA) is 75.1 Å². The number of fused-ring (bicyclic) bond motifs is 1. The second-order valence-corrected chi connectivity index (χ2v) is 4.92. The molecule has 100 valence electrons. The summed E-state index contributed by atoms with van der Waals surface area (Å²) in [6.45, 7) is 3.97. The van der Waals surface area contributed by atoms with Crippen molar-refractivity contribution in [2.45, 2.75) is 26.3 Å². The molecule has 0 radical (unpaired) electrons. The van der Waals surface area contributed by atoms with E-state index in [0.717, 1.165) is 10.9 Å². The van der Waals surface area contributed by atoms with Crippen molar-refractivity contribution in [1.29, 1.82) is 0 Å². The first kappa shape index (κ1) is 13.3. The molecule has 0 saturated carbocycles. The normalized spacial score (nSPS) is 12.6. The Kier molecular flexibility index (Phi) is 3.94. The first-order valence-electron chi connectivity index (χ1n) is 6.27. The summed E-state index contributed by atoms with van der Waals surface area (Å²) in [6, 6.07) is 6.93. The summed E-state index contributed by atoms with van der Waals surface area (Å²) < 4.78 is 0. The zero-order chi connectivity index (χ0) is 13.8. The number of nitrogens with one attached hydrogen (secondary N) is 1. The van der Waals surface area contributed by atoms with Crippen LogP contribution in [0.5, 0.6) is 0 Å². The van der Waals surface area contributed by atoms with Gasteiger partial charge in [-0.25, -0.2) is 14.8 Å². The van der Waals surface area contributed by atoms with E-state index < -0.39 is 12.0 Å². The molecular formula is C14H17N3O2. The number of para-hydroxylation sites is 1. The van der Waals surface area contributed by atoms with Crippen molar-refractivity contribution < 1.29 is 9.90 Å². The molecule has 0 aliphatic rings. The number of carbonyl (C=O) groups is 1. The summed E-state index contributed by atoms with van der Waals surface area (Å²) >= 11 is 0. The Morgan fingerprint density at radius 3 is 2.79 bits per heavy atom. The molecule has 0 aliphatic carbocycles. The summed E-state index contributed by atoms with van der Waals surface area (Å²) in [4.78, 5) is 19.7. The van der Waals surface area contributed by atoms with Crippen LogP contribution in [0.15, 0.2) is 30.5 Å². The highest BCUT2D eigenvalue weighted by molar-refractivity contribution is 5.80. The maximum absolute atomic E-state index is 11.2. The van der Waals surface area contributed by atoms with E-state index in [4.69, 9.17) is 0 Å². The van der Waals surface area contributed by atoms with Gasteiger partial charge in [0.1, 0.15) is 6.04 Å². The highest BCUT2D eigenvalue weighted by Gasteiger charge is 2.19. The number of carboxylic acids is 1. The number of hydrogen-bond acceptors (Lipinski definition) is 4. The van der Waals surface area contributed by atoms with E-state index in [9.17, 15) is 9.90 Å². The van der Waals surface area contributed by atoms with Gasteiger partial charge in [-0.15, -0.1) is 0 Å². The molecule has 0 bridgehead atoms. The van der Waals surface area contributed by atoms with Gasteiger partial charge in [0.15, 0.2) is 0 Å². The number of nitrogens with zero attached hydrogens (tertiary/aromatic N) is 2. The van der Waals surface area contributed by atoms with Gasteiger partial charge in [-0.05, 0) is 18.4 Å². The van der Waals surface area contributed by atoms with Crippen molar-refractivity contribution in [3.8, 4) is 0 Å². The van der Waals surface area contributed by atoms with Crippen LogP contribution in [0, 0.1) is 5.92 Å². The minimum Gasteiger partial charge on any atom is -0.480 e. The predicted molar refractivity (Wildman–Crippen MR) is 74.0 cm³/mol. The Morgan fingerprint density at radius 2 is 2.11 bits per heavy atom. The van der Waals surface area contributed by atoms with Gasteiger partial charge in [-0.2, -0.15) is 0 Å². The van der Waals surface area contributed by atoms with E-state index in [-0.39, 0.29) is 5.92 Å². The van der Waals surface area contributed by atoms with Gasteiger partial charge in [0.2, 0.25) is 5.95 Å². The summed E-state index contributed by atoms with van der Waals surface area (Å²) in [5, 5.41) is 13.0. The largest absolute Gasteiger partial charge is 0.480 e. The number of hydrogen-bond donors (Lipinski definition) is 2. The van der Waals surface area contributed by atoms with Gasteiger partial charge in [-0.1, -0.05) is 32.0 Å². The molecule has 2 rings (SSSR count). The van der Waals surface area contributed by atoms with E-state index in [1.165, 1.54) is 0 Å². The molecule has 0 amide bonds. The summed E-state index contributed by atoms with van der Waals surface area (Å²) in [5.41, 5.74) is 0.800. The number of anilines is 1. The zero-order valence-corrected chi connectivity index (χ0v) is 11.0. The lowest BCUT2D eigenvalue weighted by Crippen LogP contribution is -2.31. The Balaban J connectivity index is 2.21. The fourth-order valence-corrected chi connectivity index (χ4v) is 1.89. The van der Waals surface area contributed by atoms with Crippen molar-refractivity contribution in [2.24, 2.45) is 5.92 Å². The number of aliphatic carboxylic acids is 1. The Labute approximate surface area is 111 Å². The molecule has 1 atom stereocenters. The average molecular weight is 259 g/mol. The third kappa shape index (κ3) is 3.40. The molecule has 5 nitrogen and oxygen atoms in total. The molecule has 19 heavy (non-hydrogen) atoms. The van der Waals surface area contributed by atoms with E-state index in [0.29, 0.717) is 12.4 Å². The SMILES string of the molecule is CC(C)CC(Nc1ncc2ccccc2n1)C(=O)O. The number of carboxylic acid groups (broad SMARTS) is 1. The number of benzene rings is 1. The van der Waals surface area contributed by atoms with Gasteiger partial charge >= 0.3 is 5.97 Å². The third-order valence-corrected chi connectivity index (χ3v) is 2.80. The van der Waals surface area contributed by atoms with Crippen LogP contribution in [-0.2, 0) is 4.79 Å². The zero-order valence-electron chi connectivity index (χ0n) is 11.0. The third-order valence-electron chi connectivity index (χ3n) is 2.80. The van der Waals surface area contributed by atoms with Crippen LogP contribution in [0.3, 0.4) is 0 Å². The molecule has 0 aliphatic heterocycles. The van der Waals surface area contributed by atoms with Gasteiger partial charge < -0.3 is 10.4 Å². The Bertz CT molecular complexity index is 584. The molecule has 1 unspecified atom stereocenters. The van der Waals surface area contributed by atoms with Crippen molar-refractivity contribution >= 4 is 22.8 Å². The smallest absolute Gasteiger partial charge is 0.326 e. The lowest BCUT2D eigenvalue weighted by atomic mass is 10.0. The lowest BCUT2D eigenvalue weighted by molar-refractivity contribution is -0.138. The summed E-state index contributed by atoms with van der Waals surface area (Å²) in [7, 11) is 0. The van der Waals surface area contributed by atoms with Crippen LogP contribution in [0.25, 0.3) is 10.9 Å². The molecule has 0 saturated heterocycles.